The van der Waals surface area contributed by atoms with Crippen LogP contribution in [0.15, 0.2) is 75.9 Å². The molecular weight excluding hydrogens is 402 g/mol. The Morgan fingerprint density at radius 3 is 2.59 bits per heavy atom. The van der Waals surface area contributed by atoms with Gasteiger partial charge in [-0.1, -0.05) is 36.4 Å². The van der Waals surface area contributed by atoms with Crippen LogP contribution in [0, 0.1) is 13.8 Å². The second-order valence-corrected chi connectivity index (χ2v) is 8.21. The van der Waals surface area contributed by atoms with Crippen LogP contribution in [0.1, 0.15) is 39.5 Å². The summed E-state index contributed by atoms with van der Waals surface area (Å²) in [7, 11) is 0. The van der Waals surface area contributed by atoms with Crippen LogP contribution in [0.5, 0.6) is 5.75 Å². The molecule has 32 heavy (non-hydrogen) atoms. The van der Waals surface area contributed by atoms with E-state index >= 15 is 0 Å². The standard InChI is InChI=1S/C27H23NO4/c1-16-13-17(2)26-21(14-16)23(29)15-25(32-26)18-7-9-19(10-8-18)27(30)28-22-11-12-31-24-6-4-3-5-20(22)24/h3-10,13-15,22H,11-12H2,1-2H3,(H,28,30). The molecule has 3 aromatic carbocycles. The molecular formula is C27H23NO4. The molecule has 5 nitrogen and oxygen atoms in total. The number of amides is 1. The molecule has 1 aliphatic heterocycles. The average Bonchev–Trinajstić information content (AvgIpc) is 2.80. The first kappa shape index (κ1) is 20.1. The number of para-hydroxylation sites is 1. The summed E-state index contributed by atoms with van der Waals surface area (Å²) in [5, 5.41) is 3.69. The summed E-state index contributed by atoms with van der Waals surface area (Å²) in [4.78, 5) is 25.5. The lowest BCUT2D eigenvalue weighted by molar-refractivity contribution is 0.0925. The molecule has 1 amide bonds. The molecule has 1 unspecified atom stereocenters. The second kappa shape index (κ2) is 8.00. The summed E-state index contributed by atoms with van der Waals surface area (Å²) in [5.41, 5.74) is 4.76. The summed E-state index contributed by atoms with van der Waals surface area (Å²) >= 11 is 0. The third-order valence-corrected chi connectivity index (χ3v) is 5.85. The van der Waals surface area contributed by atoms with Crippen molar-refractivity contribution in [1.82, 2.24) is 5.32 Å². The highest BCUT2D eigenvalue weighted by Gasteiger charge is 2.23. The van der Waals surface area contributed by atoms with Gasteiger partial charge in [-0.3, -0.25) is 9.59 Å². The molecule has 4 aromatic rings. The Morgan fingerprint density at radius 2 is 1.78 bits per heavy atom. The van der Waals surface area contributed by atoms with E-state index in [1.165, 1.54) is 6.07 Å². The van der Waals surface area contributed by atoms with E-state index < -0.39 is 0 Å². The third-order valence-electron chi connectivity index (χ3n) is 5.85. The zero-order chi connectivity index (χ0) is 22.2. The highest BCUT2D eigenvalue weighted by molar-refractivity contribution is 5.95. The van der Waals surface area contributed by atoms with Crippen molar-refractivity contribution in [3.63, 3.8) is 0 Å². The van der Waals surface area contributed by atoms with Crippen LogP contribution in [0.2, 0.25) is 0 Å². The fraction of sp³-hybridized carbons (Fsp3) is 0.185. The minimum absolute atomic E-state index is 0.0759. The van der Waals surface area contributed by atoms with Crippen LogP contribution in [0.4, 0.5) is 0 Å². The molecule has 160 valence electrons. The molecule has 0 saturated heterocycles. The van der Waals surface area contributed by atoms with Crippen molar-refractivity contribution in [3.8, 4) is 17.1 Å². The number of fused-ring (bicyclic) bond motifs is 2. The van der Waals surface area contributed by atoms with Gasteiger partial charge in [0, 0.05) is 29.2 Å². The van der Waals surface area contributed by atoms with Crippen molar-refractivity contribution in [2.75, 3.05) is 6.61 Å². The maximum absolute atomic E-state index is 12.9. The number of nitrogens with one attached hydrogen (secondary N) is 1. The first-order valence-electron chi connectivity index (χ1n) is 10.7. The Labute approximate surface area is 185 Å². The van der Waals surface area contributed by atoms with Crippen molar-refractivity contribution in [3.05, 3.63) is 99.2 Å². The van der Waals surface area contributed by atoms with Crippen LogP contribution >= 0.6 is 0 Å². The van der Waals surface area contributed by atoms with Gasteiger partial charge in [0.05, 0.1) is 18.0 Å². The first-order chi connectivity index (χ1) is 15.5. The van der Waals surface area contributed by atoms with Gasteiger partial charge < -0.3 is 14.5 Å². The van der Waals surface area contributed by atoms with Gasteiger partial charge in [0.25, 0.3) is 5.91 Å². The smallest absolute Gasteiger partial charge is 0.251 e. The van der Waals surface area contributed by atoms with E-state index in [1.54, 1.807) is 24.3 Å². The van der Waals surface area contributed by atoms with Crippen LogP contribution in [-0.2, 0) is 0 Å². The number of ether oxygens (including phenoxy) is 1. The zero-order valence-corrected chi connectivity index (χ0v) is 18.0. The van der Waals surface area contributed by atoms with Crippen molar-refractivity contribution in [2.24, 2.45) is 0 Å². The van der Waals surface area contributed by atoms with Crippen molar-refractivity contribution in [2.45, 2.75) is 26.3 Å². The molecule has 0 fully saturated rings. The van der Waals surface area contributed by atoms with E-state index in [0.717, 1.165) is 34.4 Å². The van der Waals surface area contributed by atoms with Gasteiger partial charge in [0.2, 0.25) is 0 Å². The number of carbonyl (C=O) groups excluding carboxylic acids is 1. The number of hydrogen-bond acceptors (Lipinski definition) is 4. The summed E-state index contributed by atoms with van der Waals surface area (Å²) in [6.07, 6.45) is 0.724. The van der Waals surface area contributed by atoms with Crippen LogP contribution < -0.4 is 15.5 Å². The topological polar surface area (TPSA) is 68.5 Å². The molecule has 1 aromatic heterocycles. The summed E-state index contributed by atoms with van der Waals surface area (Å²) < 4.78 is 11.7. The zero-order valence-electron chi connectivity index (χ0n) is 18.0. The average molecular weight is 425 g/mol. The highest BCUT2D eigenvalue weighted by Crippen LogP contribution is 2.32. The fourth-order valence-corrected chi connectivity index (χ4v) is 4.27. The lowest BCUT2D eigenvalue weighted by Crippen LogP contribution is -2.32. The van der Waals surface area contributed by atoms with Crippen molar-refractivity contribution < 1.29 is 13.9 Å². The number of hydrogen-bond donors (Lipinski definition) is 1. The summed E-state index contributed by atoms with van der Waals surface area (Å²) in [6.45, 7) is 4.47. The van der Waals surface area contributed by atoms with Crippen LogP contribution in [0.25, 0.3) is 22.3 Å². The van der Waals surface area contributed by atoms with Gasteiger partial charge in [-0.05, 0) is 49.2 Å². The minimum atomic E-state index is -0.149. The van der Waals surface area contributed by atoms with Gasteiger partial charge in [0.15, 0.2) is 5.43 Å². The lowest BCUT2D eigenvalue weighted by Gasteiger charge is -2.26. The van der Waals surface area contributed by atoms with Gasteiger partial charge in [-0.25, -0.2) is 0 Å². The SMILES string of the molecule is Cc1cc(C)c2oc(-c3ccc(C(=O)NC4CCOc5ccccc54)cc3)cc(=O)c2c1. The fourth-order valence-electron chi connectivity index (χ4n) is 4.27. The van der Waals surface area contributed by atoms with Gasteiger partial charge >= 0.3 is 0 Å². The minimum Gasteiger partial charge on any atom is -0.493 e. The summed E-state index contributed by atoms with van der Waals surface area (Å²) in [6, 6.07) is 20.2. The molecule has 0 aliphatic carbocycles. The second-order valence-electron chi connectivity index (χ2n) is 8.21. The largest absolute Gasteiger partial charge is 0.493 e. The molecule has 1 aliphatic rings. The van der Waals surface area contributed by atoms with Gasteiger partial charge in [-0.15, -0.1) is 0 Å². The summed E-state index contributed by atoms with van der Waals surface area (Å²) in [5.74, 6) is 1.15. The van der Waals surface area contributed by atoms with Crippen molar-refractivity contribution >= 4 is 16.9 Å². The Bertz CT molecular complexity index is 1390. The number of carbonyl (C=O) groups is 1. The molecule has 1 atom stereocenters. The predicted octanol–water partition coefficient (Wildman–Crippen LogP) is 5.33. The molecule has 0 spiro atoms. The maximum Gasteiger partial charge on any atom is 0.251 e. The van der Waals surface area contributed by atoms with Gasteiger partial charge in [0.1, 0.15) is 17.1 Å². The number of benzene rings is 3. The Balaban J connectivity index is 1.40. The monoisotopic (exact) mass is 425 g/mol. The van der Waals surface area contributed by atoms with Crippen LogP contribution in [-0.4, -0.2) is 12.5 Å². The van der Waals surface area contributed by atoms with E-state index in [0.29, 0.717) is 28.9 Å². The number of aryl methyl sites for hydroxylation is 2. The van der Waals surface area contributed by atoms with Gasteiger partial charge in [-0.2, -0.15) is 0 Å². The quantitative estimate of drug-likeness (QED) is 0.482. The Hall–Kier alpha value is -3.86. The molecule has 0 saturated carbocycles. The Kier molecular flexibility index (Phi) is 5.02. The Morgan fingerprint density at radius 1 is 1.00 bits per heavy atom. The van der Waals surface area contributed by atoms with E-state index in [4.69, 9.17) is 9.15 Å². The van der Waals surface area contributed by atoms with E-state index in [1.807, 2.05) is 50.2 Å². The third kappa shape index (κ3) is 3.66. The van der Waals surface area contributed by atoms with E-state index in [9.17, 15) is 9.59 Å². The molecule has 5 heteroatoms. The predicted molar refractivity (Wildman–Crippen MR) is 124 cm³/mol. The molecule has 0 bridgehead atoms. The first-order valence-corrected chi connectivity index (χ1v) is 10.7. The molecule has 1 N–H and O–H groups in total. The lowest BCUT2D eigenvalue weighted by atomic mass is 10.00. The molecule has 5 rings (SSSR count). The van der Waals surface area contributed by atoms with Crippen molar-refractivity contribution in [1.29, 1.82) is 0 Å². The highest BCUT2D eigenvalue weighted by atomic mass is 16.5. The normalized spacial score (nSPS) is 15.1. The van der Waals surface area contributed by atoms with E-state index in [2.05, 4.69) is 5.32 Å². The van der Waals surface area contributed by atoms with Crippen LogP contribution in [0.3, 0.4) is 0 Å². The molecule has 0 radical (unpaired) electrons. The van der Waals surface area contributed by atoms with E-state index in [-0.39, 0.29) is 17.4 Å². The number of rotatable bonds is 3. The maximum atomic E-state index is 12.9. The molecule has 2 heterocycles.